The van der Waals surface area contributed by atoms with Crippen LogP contribution in [0.2, 0.25) is 0 Å². The van der Waals surface area contributed by atoms with Gasteiger partial charge in [0.05, 0.1) is 17.4 Å². The van der Waals surface area contributed by atoms with Crippen LogP contribution >= 0.6 is 0 Å². The lowest BCUT2D eigenvalue weighted by atomic mass is 10.2. The van der Waals surface area contributed by atoms with Gasteiger partial charge in [0.15, 0.2) is 0 Å². The molecule has 0 aliphatic heterocycles. The molecule has 1 aromatic heterocycles. The van der Waals surface area contributed by atoms with Crippen LogP contribution in [0.5, 0.6) is 0 Å². The van der Waals surface area contributed by atoms with Gasteiger partial charge in [-0.1, -0.05) is 0 Å². The molecule has 0 saturated heterocycles. The summed E-state index contributed by atoms with van der Waals surface area (Å²) < 4.78 is 10.8. The molecule has 14 heavy (non-hydrogen) atoms. The fourth-order valence-electron chi connectivity index (χ4n) is 0.962. The predicted octanol–water partition coefficient (Wildman–Crippen LogP) is 0.744. The van der Waals surface area contributed by atoms with Crippen molar-refractivity contribution in [1.29, 1.82) is 5.26 Å². The average molecular weight is 209 g/mol. The summed E-state index contributed by atoms with van der Waals surface area (Å²) in [7, 11) is -0.814. The summed E-state index contributed by atoms with van der Waals surface area (Å²) in [5.41, 5.74) is 1.25. The topological polar surface area (TPSA) is 65.8 Å². The lowest BCUT2D eigenvalue weighted by molar-refractivity contribution is 0.687. The molecular weight excluding hydrogens is 198 g/mol. The molecule has 1 rings (SSSR count). The first-order valence-electron chi connectivity index (χ1n) is 4.12. The van der Waals surface area contributed by atoms with Gasteiger partial charge < -0.3 is 5.32 Å². The second kappa shape index (κ2) is 5.35. The zero-order valence-electron chi connectivity index (χ0n) is 7.86. The van der Waals surface area contributed by atoms with Gasteiger partial charge in [0.2, 0.25) is 0 Å². The van der Waals surface area contributed by atoms with E-state index in [4.69, 9.17) is 5.26 Å². The monoisotopic (exact) mass is 209 g/mol. The van der Waals surface area contributed by atoms with Crippen LogP contribution in [0.15, 0.2) is 18.5 Å². The third-order valence-electron chi connectivity index (χ3n) is 1.65. The number of anilines is 1. The van der Waals surface area contributed by atoms with E-state index in [2.05, 4.69) is 16.4 Å². The Morgan fingerprint density at radius 1 is 1.71 bits per heavy atom. The minimum atomic E-state index is -0.814. The Bertz CT molecular complexity index is 373. The van der Waals surface area contributed by atoms with Crippen molar-refractivity contribution in [3.63, 3.8) is 0 Å². The normalized spacial score (nSPS) is 11.7. The van der Waals surface area contributed by atoms with Crippen molar-refractivity contribution in [3.05, 3.63) is 24.0 Å². The Hall–Kier alpha value is -1.41. The van der Waals surface area contributed by atoms with E-state index in [0.29, 0.717) is 23.5 Å². The van der Waals surface area contributed by atoms with E-state index in [1.54, 1.807) is 24.7 Å². The van der Waals surface area contributed by atoms with Gasteiger partial charge in [-0.25, -0.2) is 0 Å². The minimum Gasteiger partial charge on any atom is -0.382 e. The third kappa shape index (κ3) is 3.15. The molecule has 1 atom stereocenters. The minimum absolute atomic E-state index is 0.557. The Morgan fingerprint density at radius 3 is 3.14 bits per heavy atom. The van der Waals surface area contributed by atoms with Crippen molar-refractivity contribution >= 4 is 16.5 Å². The summed E-state index contributed by atoms with van der Waals surface area (Å²) in [6, 6.07) is 3.70. The lowest BCUT2D eigenvalue weighted by Gasteiger charge is -2.05. The lowest BCUT2D eigenvalue weighted by Crippen LogP contribution is -2.10. The summed E-state index contributed by atoms with van der Waals surface area (Å²) in [6.07, 6.45) is 4.81. The molecule has 5 heteroatoms. The van der Waals surface area contributed by atoms with E-state index in [0.717, 1.165) is 0 Å². The molecule has 0 saturated carbocycles. The van der Waals surface area contributed by atoms with Gasteiger partial charge in [0, 0.05) is 35.5 Å². The molecule has 0 amide bonds. The smallest absolute Gasteiger partial charge is 0.101 e. The molecule has 4 nitrogen and oxygen atoms in total. The Morgan fingerprint density at radius 2 is 2.50 bits per heavy atom. The van der Waals surface area contributed by atoms with Crippen molar-refractivity contribution in [3.8, 4) is 6.07 Å². The van der Waals surface area contributed by atoms with Crippen LogP contribution in [0.25, 0.3) is 0 Å². The van der Waals surface area contributed by atoms with Crippen molar-refractivity contribution in [2.45, 2.75) is 0 Å². The molecule has 0 radical (unpaired) electrons. The maximum absolute atomic E-state index is 10.8. The predicted molar refractivity (Wildman–Crippen MR) is 56.4 cm³/mol. The highest BCUT2D eigenvalue weighted by Gasteiger charge is 1.99. The van der Waals surface area contributed by atoms with E-state index in [9.17, 15) is 4.21 Å². The average Bonchev–Trinajstić information content (AvgIpc) is 2.18. The molecule has 74 valence electrons. The van der Waals surface area contributed by atoms with Crippen LogP contribution in [0, 0.1) is 11.3 Å². The van der Waals surface area contributed by atoms with Crippen LogP contribution in [-0.4, -0.2) is 27.7 Å². The molecule has 0 fully saturated rings. The van der Waals surface area contributed by atoms with Gasteiger partial charge in [0.25, 0.3) is 0 Å². The van der Waals surface area contributed by atoms with Crippen molar-refractivity contribution < 1.29 is 4.21 Å². The maximum atomic E-state index is 10.8. The summed E-state index contributed by atoms with van der Waals surface area (Å²) >= 11 is 0. The quantitative estimate of drug-likeness (QED) is 0.794. The molecule has 0 aromatic carbocycles. The SMILES string of the molecule is CS(=O)CCNc1cnccc1C#N. The first-order chi connectivity index (χ1) is 6.74. The fourth-order valence-corrected chi connectivity index (χ4v) is 1.35. The molecule has 0 spiro atoms. The van der Waals surface area contributed by atoms with Crippen LogP contribution in [0.3, 0.4) is 0 Å². The van der Waals surface area contributed by atoms with E-state index in [-0.39, 0.29) is 0 Å². The highest BCUT2D eigenvalue weighted by molar-refractivity contribution is 7.84. The van der Waals surface area contributed by atoms with E-state index in [1.807, 2.05) is 0 Å². The number of nitrogens with zero attached hydrogens (tertiary/aromatic N) is 2. The molecule has 1 heterocycles. The van der Waals surface area contributed by atoms with Crippen LogP contribution in [0.1, 0.15) is 5.56 Å². The second-order valence-corrected chi connectivity index (χ2v) is 4.29. The molecule has 1 aromatic rings. The molecule has 1 N–H and O–H groups in total. The first kappa shape index (κ1) is 10.7. The number of hydrogen-bond donors (Lipinski definition) is 1. The zero-order valence-corrected chi connectivity index (χ0v) is 8.67. The number of nitrogens with one attached hydrogen (secondary N) is 1. The number of pyridine rings is 1. The number of nitriles is 1. The summed E-state index contributed by atoms with van der Waals surface area (Å²) in [6.45, 7) is 0.587. The van der Waals surface area contributed by atoms with E-state index < -0.39 is 10.8 Å². The highest BCUT2D eigenvalue weighted by atomic mass is 32.2. The summed E-state index contributed by atoms with van der Waals surface area (Å²) in [5, 5.41) is 11.8. The molecule has 0 bridgehead atoms. The first-order valence-corrected chi connectivity index (χ1v) is 5.85. The molecular formula is C9H11N3OS. The van der Waals surface area contributed by atoms with Gasteiger partial charge in [-0.2, -0.15) is 5.26 Å². The summed E-state index contributed by atoms with van der Waals surface area (Å²) in [4.78, 5) is 3.90. The van der Waals surface area contributed by atoms with Gasteiger partial charge in [0.1, 0.15) is 6.07 Å². The van der Waals surface area contributed by atoms with Crippen molar-refractivity contribution in [2.24, 2.45) is 0 Å². The maximum Gasteiger partial charge on any atom is 0.101 e. The number of rotatable bonds is 4. The zero-order chi connectivity index (χ0) is 10.4. The van der Waals surface area contributed by atoms with Crippen LogP contribution in [-0.2, 0) is 10.8 Å². The van der Waals surface area contributed by atoms with E-state index >= 15 is 0 Å². The van der Waals surface area contributed by atoms with Gasteiger partial charge in [-0.3, -0.25) is 9.19 Å². The van der Waals surface area contributed by atoms with Gasteiger partial charge in [-0.05, 0) is 6.07 Å². The number of aromatic nitrogens is 1. The Labute approximate surface area is 85.4 Å². The van der Waals surface area contributed by atoms with Gasteiger partial charge >= 0.3 is 0 Å². The van der Waals surface area contributed by atoms with E-state index in [1.165, 1.54) is 0 Å². The van der Waals surface area contributed by atoms with Gasteiger partial charge in [-0.15, -0.1) is 0 Å². The molecule has 0 aliphatic rings. The van der Waals surface area contributed by atoms with Crippen molar-refractivity contribution in [1.82, 2.24) is 4.98 Å². The van der Waals surface area contributed by atoms with Crippen LogP contribution < -0.4 is 5.32 Å². The molecule has 1 unspecified atom stereocenters. The van der Waals surface area contributed by atoms with Crippen LogP contribution in [0.4, 0.5) is 5.69 Å². The van der Waals surface area contributed by atoms with Crippen molar-refractivity contribution in [2.75, 3.05) is 23.9 Å². The Kier molecular flexibility index (Phi) is 4.08. The Balaban J connectivity index is 2.59. The largest absolute Gasteiger partial charge is 0.382 e. The third-order valence-corrected chi connectivity index (χ3v) is 2.43. The fraction of sp³-hybridized carbons (Fsp3) is 0.333. The number of hydrogen-bond acceptors (Lipinski definition) is 4. The second-order valence-electron chi connectivity index (χ2n) is 2.74. The summed E-state index contributed by atoms with van der Waals surface area (Å²) in [5.74, 6) is 0.569. The molecule has 0 aliphatic carbocycles. The highest BCUT2D eigenvalue weighted by Crippen LogP contribution is 2.10. The standard InChI is InChI=1S/C9H11N3OS/c1-14(13)5-4-12-9-7-11-3-2-8(9)6-10/h2-3,7,12H,4-5H2,1H3.